The highest BCUT2D eigenvalue weighted by Crippen LogP contribution is 2.39. The van der Waals surface area contributed by atoms with Crippen molar-refractivity contribution in [2.24, 2.45) is 0 Å². The van der Waals surface area contributed by atoms with Gasteiger partial charge in [0.15, 0.2) is 9.84 Å². The van der Waals surface area contributed by atoms with Crippen LogP contribution in [0, 0.1) is 11.6 Å². The summed E-state index contributed by atoms with van der Waals surface area (Å²) in [5.74, 6) is -2.19. The lowest BCUT2D eigenvalue weighted by Crippen LogP contribution is -2.14. The second-order valence-corrected chi connectivity index (χ2v) is 6.48. The van der Waals surface area contributed by atoms with Gasteiger partial charge in [-0.05, 0) is 24.5 Å². The van der Waals surface area contributed by atoms with Crippen LogP contribution < -0.4 is 0 Å². The molecule has 0 bridgehead atoms. The molecule has 1 aliphatic rings. The van der Waals surface area contributed by atoms with E-state index in [-0.39, 0.29) is 12.0 Å². The number of benzene rings is 1. The van der Waals surface area contributed by atoms with Gasteiger partial charge in [-0.15, -0.1) is 0 Å². The van der Waals surface area contributed by atoms with E-state index >= 15 is 0 Å². The molecule has 94 valence electrons. The van der Waals surface area contributed by atoms with Gasteiger partial charge < -0.3 is 5.11 Å². The topological polar surface area (TPSA) is 54.4 Å². The molecule has 0 radical (unpaired) electrons. The third-order valence-corrected chi connectivity index (χ3v) is 3.96. The Hall–Kier alpha value is -1.01. The fraction of sp³-hybridized carbons (Fsp3) is 0.455. The van der Waals surface area contributed by atoms with Crippen molar-refractivity contribution in [1.29, 1.82) is 0 Å². The van der Waals surface area contributed by atoms with Crippen molar-refractivity contribution in [2.75, 3.05) is 6.26 Å². The van der Waals surface area contributed by atoms with Crippen molar-refractivity contribution in [2.45, 2.75) is 29.8 Å². The van der Waals surface area contributed by atoms with Crippen LogP contribution in [0.4, 0.5) is 8.78 Å². The zero-order chi connectivity index (χ0) is 12.8. The second-order valence-electron chi connectivity index (χ2n) is 4.52. The summed E-state index contributed by atoms with van der Waals surface area (Å²) >= 11 is 0. The van der Waals surface area contributed by atoms with Gasteiger partial charge in [-0.2, -0.15) is 0 Å². The number of hydrogen-bond acceptors (Lipinski definition) is 3. The van der Waals surface area contributed by atoms with Crippen LogP contribution in [-0.4, -0.2) is 25.4 Å². The molecule has 0 saturated heterocycles. The van der Waals surface area contributed by atoms with E-state index in [2.05, 4.69) is 0 Å². The molecule has 1 N–H and O–H groups in total. The van der Waals surface area contributed by atoms with Crippen LogP contribution in [-0.2, 0) is 16.3 Å². The first-order valence-corrected chi connectivity index (χ1v) is 7.01. The summed E-state index contributed by atoms with van der Waals surface area (Å²) in [6.07, 6.45) is 1.88. The largest absolute Gasteiger partial charge is 0.390 e. The Bertz CT molecular complexity index is 562. The van der Waals surface area contributed by atoms with E-state index in [1.165, 1.54) is 6.07 Å². The van der Waals surface area contributed by atoms with E-state index in [0.717, 1.165) is 12.3 Å². The van der Waals surface area contributed by atoms with E-state index in [4.69, 9.17) is 0 Å². The van der Waals surface area contributed by atoms with E-state index in [0.29, 0.717) is 12.8 Å². The molecule has 0 spiro atoms. The van der Waals surface area contributed by atoms with Crippen molar-refractivity contribution >= 4 is 9.84 Å². The molecule has 0 amide bonds. The predicted molar refractivity (Wildman–Crippen MR) is 57.4 cm³/mol. The van der Waals surface area contributed by atoms with Crippen LogP contribution in [0.1, 0.15) is 18.4 Å². The SMILES string of the molecule is CS(=O)(=O)c1c(F)ccc(CC2(O)CC2)c1F. The Morgan fingerprint density at radius 1 is 1.35 bits per heavy atom. The summed E-state index contributed by atoms with van der Waals surface area (Å²) < 4.78 is 49.7. The van der Waals surface area contributed by atoms with Gasteiger partial charge in [-0.1, -0.05) is 6.07 Å². The van der Waals surface area contributed by atoms with Gasteiger partial charge in [0.2, 0.25) is 0 Å². The highest BCUT2D eigenvalue weighted by atomic mass is 32.2. The highest BCUT2D eigenvalue weighted by Gasteiger charge is 2.41. The molecular formula is C11H12F2O3S. The van der Waals surface area contributed by atoms with Crippen molar-refractivity contribution in [3.63, 3.8) is 0 Å². The molecule has 0 aliphatic heterocycles. The van der Waals surface area contributed by atoms with Gasteiger partial charge in [0.05, 0.1) is 5.60 Å². The molecule has 6 heteroatoms. The Morgan fingerprint density at radius 2 is 1.94 bits per heavy atom. The lowest BCUT2D eigenvalue weighted by molar-refractivity contribution is 0.149. The van der Waals surface area contributed by atoms with Gasteiger partial charge in [0, 0.05) is 12.7 Å². The molecule has 1 saturated carbocycles. The summed E-state index contributed by atoms with van der Waals surface area (Å²) in [5, 5.41) is 9.66. The number of hydrogen-bond donors (Lipinski definition) is 1. The summed E-state index contributed by atoms with van der Waals surface area (Å²) in [6, 6.07) is 2.09. The Balaban J connectivity index is 2.50. The molecule has 0 aromatic heterocycles. The number of halogens is 2. The zero-order valence-electron chi connectivity index (χ0n) is 9.20. The van der Waals surface area contributed by atoms with Gasteiger partial charge in [0.25, 0.3) is 0 Å². The molecule has 17 heavy (non-hydrogen) atoms. The summed E-state index contributed by atoms with van der Waals surface area (Å²) in [4.78, 5) is -0.917. The quantitative estimate of drug-likeness (QED) is 0.896. The minimum absolute atomic E-state index is 0.0155. The monoisotopic (exact) mass is 262 g/mol. The average Bonchev–Trinajstić information content (AvgIpc) is 2.87. The number of aliphatic hydroxyl groups is 1. The van der Waals surface area contributed by atoms with E-state index < -0.39 is 32.0 Å². The first kappa shape index (κ1) is 12.4. The molecule has 0 unspecified atom stereocenters. The Kier molecular flexibility index (Phi) is 2.74. The van der Waals surface area contributed by atoms with Crippen molar-refractivity contribution < 1.29 is 22.3 Å². The van der Waals surface area contributed by atoms with E-state index in [1.54, 1.807) is 0 Å². The predicted octanol–water partition coefficient (Wildman–Crippen LogP) is 1.44. The van der Waals surface area contributed by atoms with Crippen LogP contribution in [0.15, 0.2) is 17.0 Å². The minimum Gasteiger partial charge on any atom is -0.390 e. The van der Waals surface area contributed by atoms with Gasteiger partial charge >= 0.3 is 0 Å². The second kappa shape index (κ2) is 3.74. The summed E-state index contributed by atoms with van der Waals surface area (Å²) in [7, 11) is -3.95. The zero-order valence-corrected chi connectivity index (χ0v) is 10.0. The molecule has 3 nitrogen and oxygen atoms in total. The molecule has 1 aromatic carbocycles. The highest BCUT2D eigenvalue weighted by molar-refractivity contribution is 7.90. The first-order valence-electron chi connectivity index (χ1n) is 5.12. The molecular weight excluding hydrogens is 250 g/mol. The molecule has 1 aromatic rings. The molecule has 0 atom stereocenters. The van der Waals surface area contributed by atoms with Crippen LogP contribution in [0.5, 0.6) is 0 Å². The third-order valence-electron chi connectivity index (χ3n) is 2.85. The van der Waals surface area contributed by atoms with Crippen LogP contribution in [0.2, 0.25) is 0 Å². The lowest BCUT2D eigenvalue weighted by Gasteiger charge is -2.11. The van der Waals surface area contributed by atoms with Crippen molar-refractivity contribution in [1.82, 2.24) is 0 Å². The normalized spacial score (nSPS) is 18.1. The Morgan fingerprint density at radius 3 is 2.41 bits per heavy atom. The maximum Gasteiger partial charge on any atom is 0.181 e. The van der Waals surface area contributed by atoms with Crippen LogP contribution in [0.25, 0.3) is 0 Å². The van der Waals surface area contributed by atoms with E-state index in [1.807, 2.05) is 0 Å². The standard InChI is InChI=1S/C11H12F2O3S/c1-17(15,16)10-8(12)3-2-7(9(10)13)6-11(14)4-5-11/h2-3,14H,4-6H2,1H3. The summed E-state index contributed by atoms with van der Waals surface area (Å²) in [5.41, 5.74) is -0.917. The third kappa shape index (κ3) is 2.47. The number of rotatable bonds is 3. The molecule has 2 rings (SSSR count). The van der Waals surface area contributed by atoms with Crippen LogP contribution in [0.3, 0.4) is 0 Å². The smallest absolute Gasteiger partial charge is 0.181 e. The molecule has 1 fully saturated rings. The maximum atomic E-state index is 13.9. The minimum atomic E-state index is -3.95. The first-order chi connectivity index (χ1) is 7.73. The number of sulfone groups is 1. The average molecular weight is 262 g/mol. The van der Waals surface area contributed by atoms with Crippen molar-refractivity contribution in [3.8, 4) is 0 Å². The lowest BCUT2D eigenvalue weighted by atomic mass is 10.1. The van der Waals surface area contributed by atoms with Crippen LogP contribution >= 0.6 is 0 Å². The van der Waals surface area contributed by atoms with Gasteiger partial charge in [-0.25, -0.2) is 17.2 Å². The van der Waals surface area contributed by atoms with Gasteiger partial charge in [-0.3, -0.25) is 0 Å². The molecule has 0 heterocycles. The van der Waals surface area contributed by atoms with E-state index in [9.17, 15) is 22.3 Å². The Labute approximate surface area is 98.0 Å². The van der Waals surface area contributed by atoms with Crippen molar-refractivity contribution in [3.05, 3.63) is 29.3 Å². The molecule has 1 aliphatic carbocycles. The maximum absolute atomic E-state index is 13.9. The summed E-state index contributed by atoms with van der Waals surface area (Å²) in [6.45, 7) is 0. The van der Waals surface area contributed by atoms with Gasteiger partial charge in [0.1, 0.15) is 16.5 Å². The fourth-order valence-corrected chi connectivity index (χ4v) is 2.60. The fourth-order valence-electron chi connectivity index (χ4n) is 1.73.